The molecule has 3 N–H and O–H groups in total. The van der Waals surface area contributed by atoms with E-state index in [1.54, 1.807) is 36.4 Å². The van der Waals surface area contributed by atoms with Gasteiger partial charge in [0, 0.05) is 17.1 Å². The summed E-state index contributed by atoms with van der Waals surface area (Å²) in [5.74, 6) is 0.503. The first kappa shape index (κ1) is 15.4. The summed E-state index contributed by atoms with van der Waals surface area (Å²) < 4.78 is 5.85. The van der Waals surface area contributed by atoms with Crippen LogP contribution in [0.25, 0.3) is 0 Å². The second-order valence-electron chi connectivity index (χ2n) is 4.46. The van der Waals surface area contributed by atoms with Crippen LogP contribution in [0.15, 0.2) is 42.5 Å². The van der Waals surface area contributed by atoms with Crippen LogP contribution in [0.2, 0.25) is 5.02 Å². The number of halogens is 1. The molecule has 0 aliphatic rings. The predicted molar refractivity (Wildman–Crippen MR) is 83.9 cm³/mol. The van der Waals surface area contributed by atoms with Crippen LogP contribution in [0.5, 0.6) is 11.5 Å². The summed E-state index contributed by atoms with van der Waals surface area (Å²) in [5, 5.41) is 3.83. The summed E-state index contributed by atoms with van der Waals surface area (Å²) in [6, 6.07) is 12.3. The van der Waals surface area contributed by atoms with Crippen LogP contribution >= 0.6 is 11.6 Å². The number of primary amides is 1. The van der Waals surface area contributed by atoms with E-state index in [1.807, 2.05) is 13.0 Å². The second-order valence-corrected chi connectivity index (χ2v) is 4.87. The van der Waals surface area contributed by atoms with Gasteiger partial charge in [-0.05, 0) is 30.8 Å². The van der Waals surface area contributed by atoms with Gasteiger partial charge in [0.2, 0.25) is 0 Å². The number of hydrogen-bond donors (Lipinski definition) is 2. The number of carbonyl (C=O) groups is 1. The Bertz CT molecular complexity index is 644. The van der Waals surface area contributed by atoms with Gasteiger partial charge < -0.3 is 15.8 Å². The van der Waals surface area contributed by atoms with E-state index < -0.39 is 5.91 Å². The van der Waals surface area contributed by atoms with E-state index in [4.69, 9.17) is 22.1 Å². The lowest BCUT2D eigenvalue weighted by Gasteiger charge is -2.14. The van der Waals surface area contributed by atoms with Crippen molar-refractivity contribution in [3.05, 3.63) is 58.6 Å². The first-order valence-electron chi connectivity index (χ1n) is 6.68. The summed E-state index contributed by atoms with van der Waals surface area (Å²) in [7, 11) is 0. The van der Waals surface area contributed by atoms with Crippen LogP contribution < -0.4 is 15.8 Å². The number of nitrogens with two attached hydrogens (primary N) is 1. The molecule has 21 heavy (non-hydrogen) atoms. The quantitative estimate of drug-likeness (QED) is 0.860. The van der Waals surface area contributed by atoms with Crippen LogP contribution in [-0.2, 0) is 6.54 Å². The molecular formula is C16H17ClN2O2. The van der Waals surface area contributed by atoms with E-state index in [0.29, 0.717) is 28.6 Å². The van der Waals surface area contributed by atoms with E-state index in [2.05, 4.69) is 5.32 Å². The Morgan fingerprint density at radius 2 is 1.90 bits per heavy atom. The first-order valence-corrected chi connectivity index (χ1v) is 7.06. The van der Waals surface area contributed by atoms with Gasteiger partial charge in [0.1, 0.15) is 11.5 Å². The van der Waals surface area contributed by atoms with Crippen molar-refractivity contribution < 1.29 is 9.53 Å². The first-order chi connectivity index (χ1) is 10.1. The standard InChI is InChI=1S/C16H17ClN2O2/c1-2-19-10-12-13(17)7-5-9-15(12)21-14-8-4-3-6-11(14)16(18)20/h3-9,19H,2,10H2,1H3,(H2,18,20). The zero-order chi connectivity index (χ0) is 15.2. The Morgan fingerprint density at radius 3 is 2.62 bits per heavy atom. The molecule has 4 nitrogen and oxygen atoms in total. The van der Waals surface area contributed by atoms with Gasteiger partial charge in [0.05, 0.1) is 5.56 Å². The van der Waals surface area contributed by atoms with Crippen LogP contribution in [-0.4, -0.2) is 12.5 Å². The number of rotatable bonds is 6. The number of nitrogens with one attached hydrogen (secondary N) is 1. The summed E-state index contributed by atoms with van der Waals surface area (Å²) in [4.78, 5) is 11.4. The average Bonchev–Trinajstić information content (AvgIpc) is 2.47. The van der Waals surface area contributed by atoms with E-state index in [1.165, 1.54) is 0 Å². The smallest absolute Gasteiger partial charge is 0.252 e. The molecule has 0 saturated heterocycles. The third-order valence-electron chi connectivity index (χ3n) is 3.00. The summed E-state index contributed by atoms with van der Waals surface area (Å²) in [5.41, 5.74) is 6.55. The van der Waals surface area contributed by atoms with E-state index >= 15 is 0 Å². The Kier molecular flexibility index (Phi) is 5.20. The van der Waals surface area contributed by atoms with E-state index in [0.717, 1.165) is 12.1 Å². The highest BCUT2D eigenvalue weighted by molar-refractivity contribution is 6.31. The minimum atomic E-state index is -0.527. The molecule has 0 aliphatic heterocycles. The molecule has 0 heterocycles. The molecule has 0 bridgehead atoms. The highest BCUT2D eigenvalue weighted by Gasteiger charge is 2.13. The number of carbonyl (C=O) groups excluding carboxylic acids is 1. The number of amides is 1. The van der Waals surface area contributed by atoms with Gasteiger partial charge in [-0.25, -0.2) is 0 Å². The van der Waals surface area contributed by atoms with Gasteiger partial charge in [-0.15, -0.1) is 0 Å². The molecule has 0 aliphatic carbocycles. The molecule has 1 amide bonds. The molecule has 110 valence electrons. The number of benzene rings is 2. The van der Waals surface area contributed by atoms with Crippen LogP contribution in [0, 0.1) is 0 Å². The molecule has 0 unspecified atom stereocenters. The molecule has 2 aromatic carbocycles. The highest BCUT2D eigenvalue weighted by Crippen LogP contribution is 2.31. The van der Waals surface area contributed by atoms with Crippen molar-refractivity contribution >= 4 is 17.5 Å². The Morgan fingerprint density at radius 1 is 1.19 bits per heavy atom. The molecule has 0 atom stereocenters. The van der Waals surface area contributed by atoms with Gasteiger partial charge in [-0.2, -0.15) is 0 Å². The molecular weight excluding hydrogens is 288 g/mol. The molecule has 0 aromatic heterocycles. The van der Waals surface area contributed by atoms with Gasteiger partial charge in [0.15, 0.2) is 0 Å². The lowest BCUT2D eigenvalue weighted by atomic mass is 10.1. The number of ether oxygens (including phenoxy) is 1. The molecule has 2 rings (SSSR count). The van der Waals surface area contributed by atoms with Gasteiger partial charge in [0.25, 0.3) is 5.91 Å². The number of hydrogen-bond acceptors (Lipinski definition) is 3. The average molecular weight is 305 g/mol. The van der Waals surface area contributed by atoms with Crippen molar-refractivity contribution in [2.75, 3.05) is 6.54 Å². The largest absolute Gasteiger partial charge is 0.456 e. The zero-order valence-electron chi connectivity index (χ0n) is 11.7. The Hall–Kier alpha value is -2.04. The Balaban J connectivity index is 2.36. The highest BCUT2D eigenvalue weighted by atomic mass is 35.5. The molecule has 0 fully saturated rings. The fourth-order valence-electron chi connectivity index (χ4n) is 1.93. The van der Waals surface area contributed by atoms with E-state index in [9.17, 15) is 4.79 Å². The minimum Gasteiger partial charge on any atom is -0.456 e. The minimum absolute atomic E-state index is 0.340. The number of para-hydroxylation sites is 1. The van der Waals surface area contributed by atoms with Crippen molar-refractivity contribution in [3.8, 4) is 11.5 Å². The lowest BCUT2D eigenvalue weighted by Crippen LogP contribution is -2.14. The maximum atomic E-state index is 11.4. The maximum absolute atomic E-state index is 11.4. The van der Waals surface area contributed by atoms with Crippen molar-refractivity contribution in [1.82, 2.24) is 5.32 Å². The molecule has 5 heteroatoms. The van der Waals surface area contributed by atoms with Gasteiger partial charge in [-0.1, -0.05) is 36.7 Å². The molecule has 0 radical (unpaired) electrons. The summed E-state index contributed by atoms with van der Waals surface area (Å²) in [6.45, 7) is 3.42. The third-order valence-corrected chi connectivity index (χ3v) is 3.35. The fourth-order valence-corrected chi connectivity index (χ4v) is 2.17. The fraction of sp³-hybridized carbons (Fsp3) is 0.188. The lowest BCUT2D eigenvalue weighted by molar-refractivity contribution is 0.0998. The molecule has 0 saturated carbocycles. The topological polar surface area (TPSA) is 64.3 Å². The van der Waals surface area contributed by atoms with E-state index in [-0.39, 0.29) is 0 Å². The summed E-state index contributed by atoms with van der Waals surface area (Å²) >= 11 is 6.22. The van der Waals surface area contributed by atoms with Crippen molar-refractivity contribution in [2.24, 2.45) is 5.73 Å². The van der Waals surface area contributed by atoms with Crippen LogP contribution in [0.4, 0.5) is 0 Å². The van der Waals surface area contributed by atoms with Crippen LogP contribution in [0.1, 0.15) is 22.8 Å². The summed E-state index contributed by atoms with van der Waals surface area (Å²) in [6.07, 6.45) is 0. The molecule has 0 spiro atoms. The second kappa shape index (κ2) is 7.11. The maximum Gasteiger partial charge on any atom is 0.252 e. The van der Waals surface area contributed by atoms with Gasteiger partial charge in [-0.3, -0.25) is 4.79 Å². The van der Waals surface area contributed by atoms with Gasteiger partial charge >= 0.3 is 0 Å². The molecule has 2 aromatic rings. The predicted octanol–water partition coefficient (Wildman–Crippen LogP) is 3.34. The third kappa shape index (κ3) is 3.74. The monoisotopic (exact) mass is 304 g/mol. The van der Waals surface area contributed by atoms with Crippen molar-refractivity contribution in [3.63, 3.8) is 0 Å². The SMILES string of the molecule is CCNCc1c(Cl)cccc1Oc1ccccc1C(N)=O. The van der Waals surface area contributed by atoms with Crippen LogP contribution in [0.3, 0.4) is 0 Å². The normalized spacial score (nSPS) is 10.4. The van der Waals surface area contributed by atoms with Crippen molar-refractivity contribution in [1.29, 1.82) is 0 Å². The van der Waals surface area contributed by atoms with Crippen molar-refractivity contribution in [2.45, 2.75) is 13.5 Å². The Labute approximate surface area is 128 Å². The zero-order valence-corrected chi connectivity index (χ0v) is 12.5.